The van der Waals surface area contributed by atoms with Crippen LogP contribution in [0.4, 0.5) is 11.4 Å². The zero-order valence-electron chi connectivity index (χ0n) is 14.3. The van der Waals surface area contributed by atoms with E-state index in [0.717, 1.165) is 21.8 Å². The Kier molecular flexibility index (Phi) is 5.40. The van der Waals surface area contributed by atoms with Gasteiger partial charge in [0.2, 0.25) is 11.8 Å². The number of amides is 2. The topological polar surface area (TPSA) is 123 Å². The second-order valence-corrected chi connectivity index (χ2v) is 5.98. The van der Waals surface area contributed by atoms with Crippen LogP contribution in [0.1, 0.15) is 12.8 Å². The van der Waals surface area contributed by atoms with Crippen molar-refractivity contribution in [1.82, 2.24) is 4.98 Å². The summed E-state index contributed by atoms with van der Waals surface area (Å²) in [4.78, 5) is 28.1. The van der Waals surface area contributed by atoms with E-state index in [1.54, 1.807) is 0 Å². The molecule has 0 aliphatic carbocycles. The van der Waals surface area contributed by atoms with Gasteiger partial charge in [-0.05, 0) is 30.3 Å². The van der Waals surface area contributed by atoms with Crippen LogP contribution in [0.25, 0.3) is 21.8 Å². The summed E-state index contributed by atoms with van der Waals surface area (Å²) >= 11 is 0. The van der Waals surface area contributed by atoms with Gasteiger partial charge >= 0.3 is 0 Å². The second-order valence-electron chi connectivity index (χ2n) is 5.98. The zero-order chi connectivity index (χ0) is 18.5. The average molecular weight is 351 g/mol. The van der Waals surface area contributed by atoms with Crippen LogP contribution in [0.2, 0.25) is 0 Å². The number of hydrogen-bond acceptors (Lipinski definition) is 5. The highest BCUT2D eigenvalue weighted by Crippen LogP contribution is 2.24. The van der Waals surface area contributed by atoms with Crippen LogP contribution in [-0.2, 0) is 9.59 Å². The molecule has 3 rings (SSSR count). The highest BCUT2D eigenvalue weighted by atomic mass is 16.2. The molecular weight excluding hydrogens is 330 g/mol. The first kappa shape index (κ1) is 17.8. The van der Waals surface area contributed by atoms with Gasteiger partial charge in [-0.1, -0.05) is 12.1 Å². The summed E-state index contributed by atoms with van der Waals surface area (Å²) in [7, 11) is 0. The summed E-state index contributed by atoms with van der Waals surface area (Å²) in [5.74, 6) is -0.255. The molecule has 0 saturated carbocycles. The molecule has 7 heteroatoms. The van der Waals surface area contributed by atoms with Crippen molar-refractivity contribution >= 4 is 45.0 Å². The first-order chi connectivity index (χ1) is 12.6. The third kappa shape index (κ3) is 4.14. The summed E-state index contributed by atoms with van der Waals surface area (Å²) in [6.45, 7) is 0.613. The molecule has 0 saturated heterocycles. The van der Waals surface area contributed by atoms with Crippen molar-refractivity contribution < 1.29 is 9.59 Å². The molecule has 0 atom stereocenters. The lowest BCUT2D eigenvalue weighted by Gasteiger charge is -2.08. The number of benzene rings is 2. The van der Waals surface area contributed by atoms with Crippen molar-refractivity contribution in [3.8, 4) is 0 Å². The number of nitrogens with one attached hydrogen (secondary N) is 2. The number of aromatic nitrogens is 1. The number of nitrogens with two attached hydrogens (primary N) is 2. The van der Waals surface area contributed by atoms with Crippen molar-refractivity contribution in [2.24, 2.45) is 11.5 Å². The van der Waals surface area contributed by atoms with Crippen LogP contribution in [0.15, 0.2) is 42.5 Å². The van der Waals surface area contributed by atoms with Crippen molar-refractivity contribution in [2.75, 3.05) is 23.7 Å². The van der Waals surface area contributed by atoms with Gasteiger partial charge in [0.15, 0.2) is 0 Å². The van der Waals surface area contributed by atoms with Gasteiger partial charge in [0.25, 0.3) is 0 Å². The molecule has 26 heavy (non-hydrogen) atoms. The molecule has 1 heterocycles. The van der Waals surface area contributed by atoms with Crippen LogP contribution >= 0.6 is 0 Å². The molecule has 1 aromatic heterocycles. The molecule has 7 nitrogen and oxygen atoms in total. The molecular formula is C19H21N5O2. The van der Waals surface area contributed by atoms with E-state index >= 15 is 0 Å². The summed E-state index contributed by atoms with van der Waals surface area (Å²) < 4.78 is 0. The molecule has 2 amide bonds. The van der Waals surface area contributed by atoms with Gasteiger partial charge in [-0.25, -0.2) is 4.98 Å². The molecule has 3 aromatic rings. The fraction of sp³-hybridized carbons (Fsp3) is 0.211. The number of nitrogens with zero attached hydrogens (tertiary/aromatic N) is 1. The highest BCUT2D eigenvalue weighted by molar-refractivity contribution is 5.99. The molecule has 6 N–H and O–H groups in total. The monoisotopic (exact) mass is 351 g/mol. The summed E-state index contributed by atoms with van der Waals surface area (Å²) in [6, 6.07) is 13.2. The minimum absolute atomic E-state index is 0.127. The Bertz CT molecular complexity index is 896. The minimum atomic E-state index is -0.127. The molecule has 0 fully saturated rings. The first-order valence-corrected chi connectivity index (χ1v) is 8.43. The van der Waals surface area contributed by atoms with E-state index < -0.39 is 0 Å². The molecule has 0 aliphatic heterocycles. The smallest absolute Gasteiger partial charge is 0.225 e. The van der Waals surface area contributed by atoms with Crippen molar-refractivity contribution in [1.29, 1.82) is 0 Å². The van der Waals surface area contributed by atoms with Crippen LogP contribution in [0, 0.1) is 0 Å². The zero-order valence-corrected chi connectivity index (χ0v) is 14.3. The lowest BCUT2D eigenvalue weighted by molar-refractivity contribution is -0.116. The summed E-state index contributed by atoms with van der Waals surface area (Å²) in [5, 5.41) is 7.55. The Balaban J connectivity index is 1.92. The molecule has 0 spiro atoms. The fourth-order valence-corrected chi connectivity index (χ4v) is 2.69. The molecule has 2 aromatic carbocycles. The first-order valence-electron chi connectivity index (χ1n) is 8.43. The highest BCUT2D eigenvalue weighted by Gasteiger charge is 2.06. The average Bonchev–Trinajstić information content (AvgIpc) is 2.60. The fourth-order valence-electron chi connectivity index (χ4n) is 2.69. The number of fused-ring (bicyclic) bond motifs is 2. The number of rotatable bonds is 6. The van der Waals surface area contributed by atoms with Crippen LogP contribution < -0.4 is 22.1 Å². The number of hydrogen-bond donors (Lipinski definition) is 4. The molecule has 0 aliphatic rings. The normalized spacial score (nSPS) is 10.8. The van der Waals surface area contributed by atoms with Gasteiger partial charge in [0.1, 0.15) is 0 Å². The van der Waals surface area contributed by atoms with Gasteiger partial charge in [-0.2, -0.15) is 0 Å². The van der Waals surface area contributed by atoms with E-state index in [4.69, 9.17) is 11.5 Å². The van der Waals surface area contributed by atoms with Crippen LogP contribution in [0.3, 0.4) is 0 Å². The predicted molar refractivity (Wildman–Crippen MR) is 104 cm³/mol. The quantitative estimate of drug-likeness (QED) is 0.506. The number of anilines is 2. The number of pyridine rings is 1. The van der Waals surface area contributed by atoms with Gasteiger partial charge in [-0.3, -0.25) is 9.59 Å². The Morgan fingerprint density at radius 1 is 0.769 bits per heavy atom. The van der Waals surface area contributed by atoms with E-state index in [-0.39, 0.29) is 24.7 Å². The Labute approximate surface area is 150 Å². The second kappa shape index (κ2) is 7.90. The molecule has 0 bridgehead atoms. The SMILES string of the molecule is NCCC(=O)Nc1ccc2cc3ccc(NC(=O)CCN)cc3nc2c1. The van der Waals surface area contributed by atoms with Crippen molar-refractivity contribution in [2.45, 2.75) is 12.8 Å². The number of carbonyl (C=O) groups is 2. The van der Waals surface area contributed by atoms with E-state index in [0.29, 0.717) is 24.5 Å². The van der Waals surface area contributed by atoms with E-state index in [9.17, 15) is 9.59 Å². The van der Waals surface area contributed by atoms with Gasteiger partial charge in [0.05, 0.1) is 11.0 Å². The molecule has 0 unspecified atom stereocenters. The predicted octanol–water partition coefficient (Wildman–Crippen LogP) is 1.96. The lowest BCUT2D eigenvalue weighted by Crippen LogP contribution is -2.16. The van der Waals surface area contributed by atoms with Crippen molar-refractivity contribution in [3.05, 3.63) is 42.5 Å². The van der Waals surface area contributed by atoms with Gasteiger partial charge in [0, 0.05) is 48.1 Å². The Hall–Kier alpha value is -3.03. The Morgan fingerprint density at radius 2 is 1.23 bits per heavy atom. The van der Waals surface area contributed by atoms with E-state index in [2.05, 4.69) is 15.6 Å². The summed E-state index contributed by atoms with van der Waals surface area (Å²) in [5.41, 5.74) is 13.7. The van der Waals surface area contributed by atoms with Crippen LogP contribution in [0.5, 0.6) is 0 Å². The lowest BCUT2D eigenvalue weighted by atomic mass is 10.1. The van der Waals surface area contributed by atoms with Crippen LogP contribution in [-0.4, -0.2) is 29.9 Å². The van der Waals surface area contributed by atoms with Crippen molar-refractivity contribution in [3.63, 3.8) is 0 Å². The standard InChI is InChI=1S/C19H21N5O2/c20-7-5-18(25)22-14-3-1-12-9-13-2-4-15(23-19(26)6-8-21)11-17(13)24-16(12)10-14/h1-4,9-11H,5-8,20-21H2,(H,22,25)(H,23,26). The number of carbonyl (C=O) groups excluding carboxylic acids is 2. The van der Waals surface area contributed by atoms with Gasteiger partial charge < -0.3 is 22.1 Å². The third-order valence-electron chi connectivity index (χ3n) is 3.92. The van der Waals surface area contributed by atoms with E-state index in [1.807, 2.05) is 42.5 Å². The molecule has 0 radical (unpaired) electrons. The summed E-state index contributed by atoms with van der Waals surface area (Å²) in [6.07, 6.45) is 0.546. The molecule has 134 valence electrons. The third-order valence-corrected chi connectivity index (χ3v) is 3.92. The maximum atomic E-state index is 11.7. The maximum Gasteiger partial charge on any atom is 0.225 e. The maximum absolute atomic E-state index is 11.7. The van der Waals surface area contributed by atoms with Gasteiger partial charge in [-0.15, -0.1) is 0 Å². The minimum Gasteiger partial charge on any atom is -0.330 e. The largest absolute Gasteiger partial charge is 0.330 e. The van der Waals surface area contributed by atoms with E-state index in [1.165, 1.54) is 0 Å². The Morgan fingerprint density at radius 3 is 1.65 bits per heavy atom.